The Balaban J connectivity index is 1.74. The zero-order valence-electron chi connectivity index (χ0n) is 20.8. The lowest BCUT2D eigenvalue weighted by Crippen LogP contribution is -2.43. The van der Waals surface area contributed by atoms with E-state index < -0.39 is 0 Å². The molecule has 2 aromatic carbocycles. The molecule has 0 N–H and O–H groups in total. The number of benzene rings is 2. The van der Waals surface area contributed by atoms with Gasteiger partial charge in [0.1, 0.15) is 6.54 Å². The maximum Gasteiger partial charge on any atom is 0.254 e. The van der Waals surface area contributed by atoms with E-state index in [0.29, 0.717) is 25.2 Å². The van der Waals surface area contributed by atoms with E-state index in [1.807, 2.05) is 53.4 Å². The molecule has 1 heterocycles. The van der Waals surface area contributed by atoms with Crippen LogP contribution in [0.25, 0.3) is 0 Å². The third kappa shape index (κ3) is 8.10. The number of hydrogen-bond donors (Lipinski definition) is 0. The van der Waals surface area contributed by atoms with Gasteiger partial charge in [-0.05, 0) is 54.8 Å². The first kappa shape index (κ1) is 26.7. The Hall–Kier alpha value is -2.86. The first-order valence-corrected chi connectivity index (χ1v) is 13.3. The Labute approximate surface area is 217 Å². The van der Waals surface area contributed by atoms with Gasteiger partial charge in [0, 0.05) is 41.6 Å². The second-order valence-electron chi connectivity index (χ2n) is 8.87. The van der Waals surface area contributed by atoms with Crippen LogP contribution >= 0.6 is 15.9 Å². The molecule has 0 aliphatic carbocycles. The number of carbonyl (C=O) groups excluding carboxylic acids is 2. The summed E-state index contributed by atoms with van der Waals surface area (Å²) < 4.78 is 3.25. The summed E-state index contributed by atoms with van der Waals surface area (Å²) in [6.07, 6.45) is 5.84. The summed E-state index contributed by atoms with van der Waals surface area (Å²) in [5, 5.41) is 0. The van der Waals surface area contributed by atoms with E-state index in [1.165, 1.54) is 5.56 Å². The van der Waals surface area contributed by atoms with Gasteiger partial charge in [-0.3, -0.25) is 9.59 Å². The number of unbranched alkanes of at least 4 members (excludes halogenated alkanes) is 2. The summed E-state index contributed by atoms with van der Waals surface area (Å²) in [5.74, 6) is -0.0864. The lowest BCUT2D eigenvalue weighted by molar-refractivity contribution is -0.132. The molecule has 0 saturated heterocycles. The minimum absolute atomic E-state index is 0.00442. The monoisotopic (exact) mass is 537 g/mol. The highest BCUT2D eigenvalue weighted by molar-refractivity contribution is 9.10. The van der Waals surface area contributed by atoms with Gasteiger partial charge in [0.15, 0.2) is 0 Å². The summed E-state index contributed by atoms with van der Waals surface area (Å²) >= 11 is 3.49. The minimum Gasteiger partial charge on any atom is -0.345 e. The van der Waals surface area contributed by atoms with Crippen molar-refractivity contribution >= 4 is 27.7 Å². The number of rotatable bonds is 13. The van der Waals surface area contributed by atoms with E-state index >= 15 is 0 Å². The molecule has 5 nitrogen and oxygen atoms in total. The largest absolute Gasteiger partial charge is 0.345 e. The molecule has 3 aromatic rings. The summed E-state index contributed by atoms with van der Waals surface area (Å²) in [6.45, 7) is 6.87. The van der Waals surface area contributed by atoms with Gasteiger partial charge in [-0.25, -0.2) is 0 Å². The van der Waals surface area contributed by atoms with Crippen molar-refractivity contribution in [2.45, 2.75) is 52.6 Å². The average Bonchev–Trinajstić information content (AvgIpc) is 3.31. The van der Waals surface area contributed by atoms with E-state index in [-0.39, 0.29) is 18.4 Å². The van der Waals surface area contributed by atoms with E-state index in [4.69, 9.17) is 0 Å². The molecular formula is C29H36BrN3O2. The molecule has 0 saturated carbocycles. The predicted octanol–water partition coefficient (Wildman–Crippen LogP) is 6.37. The Bertz CT molecular complexity index is 1060. The first-order chi connectivity index (χ1) is 17.0. The molecule has 3 rings (SSSR count). The summed E-state index contributed by atoms with van der Waals surface area (Å²) in [5.41, 5.74) is 2.92. The fourth-order valence-corrected chi connectivity index (χ4v) is 4.26. The van der Waals surface area contributed by atoms with Crippen LogP contribution in [0, 0.1) is 0 Å². The molecule has 6 heteroatoms. The third-order valence-electron chi connectivity index (χ3n) is 6.09. The highest BCUT2D eigenvalue weighted by atomic mass is 79.9. The lowest BCUT2D eigenvalue weighted by atomic mass is 10.2. The Kier molecular flexibility index (Phi) is 10.6. The van der Waals surface area contributed by atoms with Crippen LogP contribution in [0.2, 0.25) is 0 Å². The van der Waals surface area contributed by atoms with Gasteiger partial charge in [-0.1, -0.05) is 73.0 Å². The average molecular weight is 539 g/mol. The van der Waals surface area contributed by atoms with Crippen molar-refractivity contribution in [1.29, 1.82) is 0 Å². The molecule has 186 valence electrons. The number of carbonyl (C=O) groups is 2. The Morgan fingerprint density at radius 1 is 0.829 bits per heavy atom. The van der Waals surface area contributed by atoms with Crippen LogP contribution in [0.3, 0.4) is 0 Å². The molecule has 0 fully saturated rings. The number of hydrogen-bond acceptors (Lipinski definition) is 2. The fraction of sp³-hybridized carbons (Fsp3) is 0.379. The van der Waals surface area contributed by atoms with Gasteiger partial charge in [0.25, 0.3) is 5.91 Å². The van der Waals surface area contributed by atoms with Crippen LogP contribution < -0.4 is 0 Å². The predicted molar refractivity (Wildman–Crippen MR) is 145 cm³/mol. The van der Waals surface area contributed by atoms with Crippen molar-refractivity contribution in [3.63, 3.8) is 0 Å². The van der Waals surface area contributed by atoms with Crippen LogP contribution in [-0.4, -0.2) is 45.8 Å². The number of amides is 2. The molecule has 35 heavy (non-hydrogen) atoms. The maximum absolute atomic E-state index is 13.5. The molecule has 1 aromatic heterocycles. The second-order valence-corrected chi connectivity index (χ2v) is 9.78. The Morgan fingerprint density at radius 2 is 1.49 bits per heavy atom. The molecule has 0 aliphatic heterocycles. The lowest BCUT2D eigenvalue weighted by Gasteiger charge is -2.28. The molecule has 0 unspecified atom stereocenters. The number of nitrogens with zero attached hydrogens (tertiary/aromatic N) is 3. The molecule has 0 spiro atoms. The van der Waals surface area contributed by atoms with Crippen LogP contribution in [-0.2, 0) is 17.9 Å². The molecule has 2 amide bonds. The Morgan fingerprint density at radius 3 is 2.14 bits per heavy atom. The standard InChI is InChI=1S/C29H36BrN3O2/c1-3-5-18-32(22-27-13-10-20-31(27)21-24-14-16-26(30)17-15-24)28(34)23-33(19-6-4-2)29(35)25-11-8-7-9-12-25/h7-17,20H,3-6,18-19,21-23H2,1-2H3. The molecule has 0 aliphatic rings. The van der Waals surface area contributed by atoms with Crippen molar-refractivity contribution < 1.29 is 9.59 Å². The third-order valence-corrected chi connectivity index (χ3v) is 6.62. The van der Waals surface area contributed by atoms with Gasteiger partial charge >= 0.3 is 0 Å². The van der Waals surface area contributed by atoms with Crippen molar-refractivity contribution in [2.75, 3.05) is 19.6 Å². The van der Waals surface area contributed by atoms with E-state index in [2.05, 4.69) is 58.7 Å². The zero-order valence-corrected chi connectivity index (χ0v) is 22.4. The molecule has 0 atom stereocenters. The van der Waals surface area contributed by atoms with Crippen molar-refractivity contribution in [2.24, 2.45) is 0 Å². The quantitative estimate of drug-likeness (QED) is 0.254. The van der Waals surface area contributed by atoms with Crippen LogP contribution in [0.15, 0.2) is 77.4 Å². The smallest absolute Gasteiger partial charge is 0.254 e. The second kappa shape index (κ2) is 13.9. The van der Waals surface area contributed by atoms with E-state index in [9.17, 15) is 9.59 Å². The van der Waals surface area contributed by atoms with Gasteiger partial charge < -0.3 is 14.4 Å². The maximum atomic E-state index is 13.5. The molecular weight excluding hydrogens is 502 g/mol. The SMILES string of the molecule is CCCCN(Cc1cccn1Cc1ccc(Br)cc1)C(=O)CN(CCCC)C(=O)c1ccccc1. The van der Waals surface area contributed by atoms with Crippen LogP contribution in [0.4, 0.5) is 0 Å². The summed E-state index contributed by atoms with van der Waals surface area (Å²) in [7, 11) is 0. The topological polar surface area (TPSA) is 45.6 Å². The van der Waals surface area contributed by atoms with Crippen molar-refractivity contribution in [3.05, 3.63) is 94.2 Å². The van der Waals surface area contributed by atoms with Crippen LogP contribution in [0.5, 0.6) is 0 Å². The highest BCUT2D eigenvalue weighted by Gasteiger charge is 2.22. The first-order valence-electron chi connectivity index (χ1n) is 12.5. The number of halogens is 1. The fourth-order valence-electron chi connectivity index (χ4n) is 4.00. The van der Waals surface area contributed by atoms with Crippen LogP contribution in [0.1, 0.15) is 61.1 Å². The van der Waals surface area contributed by atoms with Crippen molar-refractivity contribution in [1.82, 2.24) is 14.4 Å². The van der Waals surface area contributed by atoms with Crippen molar-refractivity contribution in [3.8, 4) is 0 Å². The molecule has 0 bridgehead atoms. The van der Waals surface area contributed by atoms with E-state index in [0.717, 1.165) is 42.4 Å². The minimum atomic E-state index is -0.0820. The van der Waals surface area contributed by atoms with Gasteiger partial charge in [0.05, 0.1) is 6.54 Å². The van der Waals surface area contributed by atoms with E-state index in [1.54, 1.807) is 4.90 Å². The normalized spacial score (nSPS) is 10.8. The van der Waals surface area contributed by atoms with Gasteiger partial charge in [-0.2, -0.15) is 0 Å². The number of aromatic nitrogens is 1. The summed E-state index contributed by atoms with van der Waals surface area (Å²) in [4.78, 5) is 30.3. The summed E-state index contributed by atoms with van der Waals surface area (Å²) in [6, 6.07) is 21.7. The highest BCUT2D eigenvalue weighted by Crippen LogP contribution is 2.15. The van der Waals surface area contributed by atoms with Gasteiger partial charge in [0.2, 0.25) is 5.91 Å². The molecule has 0 radical (unpaired) electrons. The van der Waals surface area contributed by atoms with Gasteiger partial charge in [-0.15, -0.1) is 0 Å². The zero-order chi connectivity index (χ0) is 25.0.